The van der Waals surface area contributed by atoms with Crippen LogP contribution in [0.1, 0.15) is 20.3 Å². The van der Waals surface area contributed by atoms with Gasteiger partial charge in [0.25, 0.3) is 0 Å². The number of hydrogen-bond acceptors (Lipinski definition) is 5. The molecular formula is C14H15NO3S2. The highest BCUT2D eigenvalue weighted by Crippen LogP contribution is 2.19. The van der Waals surface area contributed by atoms with E-state index in [0.717, 1.165) is 27.9 Å². The molecule has 1 N–H and O–H groups in total. The number of thiophene rings is 1. The Morgan fingerprint density at radius 1 is 1.50 bits per heavy atom. The first kappa shape index (κ1) is 14.9. The number of rotatable bonds is 7. The molecule has 0 unspecified atom stereocenters. The van der Waals surface area contributed by atoms with Crippen LogP contribution in [0.5, 0.6) is 0 Å². The van der Waals surface area contributed by atoms with Crippen molar-refractivity contribution < 1.29 is 14.6 Å². The van der Waals surface area contributed by atoms with Crippen molar-refractivity contribution in [1.29, 1.82) is 0 Å². The van der Waals surface area contributed by atoms with Gasteiger partial charge in [0.1, 0.15) is 0 Å². The third-order valence-electron chi connectivity index (χ3n) is 2.64. The van der Waals surface area contributed by atoms with Crippen molar-refractivity contribution in [2.24, 2.45) is 0 Å². The number of aryl methyl sites for hydroxylation is 1. The minimum absolute atomic E-state index is 0.559. The Labute approximate surface area is 125 Å². The Hall–Kier alpha value is -1.50. The number of ether oxygens (including phenoxy) is 1. The average Bonchev–Trinajstić information content (AvgIpc) is 3.02. The van der Waals surface area contributed by atoms with Crippen LogP contribution in [-0.4, -0.2) is 22.7 Å². The highest BCUT2D eigenvalue weighted by molar-refractivity contribution is 7.12. The van der Waals surface area contributed by atoms with Crippen LogP contribution in [0.25, 0.3) is 6.08 Å². The van der Waals surface area contributed by atoms with Crippen molar-refractivity contribution in [2.45, 2.75) is 20.0 Å². The lowest BCUT2D eigenvalue weighted by molar-refractivity contribution is -0.131. The van der Waals surface area contributed by atoms with Gasteiger partial charge in [0.2, 0.25) is 0 Å². The zero-order valence-corrected chi connectivity index (χ0v) is 12.7. The fraction of sp³-hybridized carbons (Fsp3) is 0.286. The van der Waals surface area contributed by atoms with Crippen molar-refractivity contribution >= 4 is 34.7 Å². The average molecular weight is 309 g/mol. The summed E-state index contributed by atoms with van der Waals surface area (Å²) in [5, 5.41) is 8.56. The molecule has 0 aliphatic rings. The second-order valence-electron chi connectivity index (χ2n) is 4.14. The van der Waals surface area contributed by atoms with Crippen LogP contribution in [0, 0.1) is 6.92 Å². The van der Waals surface area contributed by atoms with Crippen LogP contribution in [0.2, 0.25) is 0 Å². The van der Waals surface area contributed by atoms with Gasteiger partial charge in [-0.05, 0) is 25.1 Å². The molecular weight excluding hydrogens is 294 g/mol. The largest absolute Gasteiger partial charge is 0.478 e. The quantitative estimate of drug-likeness (QED) is 0.629. The third-order valence-corrected chi connectivity index (χ3v) is 4.65. The number of carboxylic acid groups (broad SMARTS) is 1. The van der Waals surface area contributed by atoms with Gasteiger partial charge in [-0.2, -0.15) is 0 Å². The number of thiazole rings is 1. The summed E-state index contributed by atoms with van der Waals surface area (Å²) in [6.45, 7) is 3.23. The number of carboxylic acids is 1. The first-order valence-corrected chi connectivity index (χ1v) is 7.81. The zero-order chi connectivity index (χ0) is 14.4. The van der Waals surface area contributed by atoms with E-state index in [1.54, 1.807) is 28.7 Å². The summed E-state index contributed by atoms with van der Waals surface area (Å²) in [4.78, 5) is 17.9. The monoisotopic (exact) mass is 309 g/mol. The molecule has 0 aliphatic heterocycles. The molecule has 0 aliphatic carbocycles. The molecule has 2 aromatic heterocycles. The van der Waals surface area contributed by atoms with Crippen LogP contribution in [0.4, 0.5) is 0 Å². The number of aliphatic carboxylic acids is 1. The van der Waals surface area contributed by atoms with Gasteiger partial charge >= 0.3 is 5.97 Å². The van der Waals surface area contributed by atoms with Crippen molar-refractivity contribution in [3.8, 4) is 0 Å². The highest BCUT2D eigenvalue weighted by atomic mass is 32.1. The minimum atomic E-state index is -0.934. The second-order valence-corrected chi connectivity index (χ2v) is 6.28. The maximum absolute atomic E-state index is 10.4. The van der Waals surface area contributed by atoms with E-state index in [-0.39, 0.29) is 0 Å². The van der Waals surface area contributed by atoms with E-state index >= 15 is 0 Å². The maximum Gasteiger partial charge on any atom is 0.328 e. The van der Waals surface area contributed by atoms with Crippen LogP contribution in [-0.2, 0) is 22.6 Å². The molecule has 6 heteroatoms. The Morgan fingerprint density at radius 2 is 2.35 bits per heavy atom. The maximum atomic E-state index is 10.4. The smallest absolute Gasteiger partial charge is 0.328 e. The highest BCUT2D eigenvalue weighted by Gasteiger charge is 2.02. The number of nitrogens with zero attached hydrogens (tertiary/aromatic N) is 1. The van der Waals surface area contributed by atoms with Crippen molar-refractivity contribution in [1.82, 2.24) is 4.98 Å². The van der Waals surface area contributed by atoms with E-state index in [9.17, 15) is 4.79 Å². The van der Waals surface area contributed by atoms with Gasteiger partial charge in [0.15, 0.2) is 0 Å². The normalized spacial score (nSPS) is 11.2. The van der Waals surface area contributed by atoms with Crippen LogP contribution in [0.3, 0.4) is 0 Å². The fourth-order valence-corrected chi connectivity index (χ4v) is 3.23. The summed E-state index contributed by atoms with van der Waals surface area (Å²) < 4.78 is 5.64. The molecule has 2 heterocycles. The molecule has 0 aromatic carbocycles. The van der Waals surface area contributed by atoms with Gasteiger partial charge in [-0.3, -0.25) is 0 Å². The van der Waals surface area contributed by atoms with Crippen LogP contribution in [0.15, 0.2) is 23.7 Å². The van der Waals surface area contributed by atoms with E-state index in [1.165, 1.54) is 4.88 Å². The van der Waals surface area contributed by atoms with E-state index in [2.05, 4.69) is 4.98 Å². The molecule has 0 atom stereocenters. The predicted octanol–water partition coefficient (Wildman–Crippen LogP) is 3.37. The van der Waals surface area contributed by atoms with Gasteiger partial charge in [-0.15, -0.1) is 22.7 Å². The van der Waals surface area contributed by atoms with Crippen molar-refractivity contribution in [2.75, 3.05) is 6.61 Å². The number of aromatic nitrogens is 1. The van der Waals surface area contributed by atoms with Crippen molar-refractivity contribution in [3.63, 3.8) is 0 Å². The van der Waals surface area contributed by atoms with E-state index < -0.39 is 5.97 Å². The molecule has 0 saturated heterocycles. The molecule has 0 spiro atoms. The summed E-state index contributed by atoms with van der Waals surface area (Å²) in [5.41, 5.74) is 2.93. The first-order valence-electron chi connectivity index (χ1n) is 6.11. The summed E-state index contributed by atoms with van der Waals surface area (Å²) in [6, 6.07) is 3.86. The lowest BCUT2D eigenvalue weighted by atomic mass is 10.3. The second kappa shape index (κ2) is 7.33. The van der Waals surface area contributed by atoms with Crippen LogP contribution < -0.4 is 0 Å². The SMILES string of the molecule is Cc1ncsc1CCOCc1ccc(C=CC(=O)O)s1. The lowest BCUT2D eigenvalue weighted by Crippen LogP contribution is -1.97. The molecule has 4 nitrogen and oxygen atoms in total. The molecule has 0 bridgehead atoms. The molecule has 0 saturated carbocycles. The zero-order valence-electron chi connectivity index (χ0n) is 11.0. The Balaban J connectivity index is 1.74. The number of carbonyl (C=O) groups is 1. The van der Waals surface area contributed by atoms with E-state index in [4.69, 9.17) is 9.84 Å². The summed E-state index contributed by atoms with van der Waals surface area (Å²) >= 11 is 3.20. The Kier molecular flexibility index (Phi) is 5.46. The standard InChI is InChI=1S/C14H15NO3S2/c1-10-13(19-9-15-10)6-7-18-8-12-3-2-11(20-12)4-5-14(16)17/h2-5,9H,6-8H2,1H3,(H,16,17). The fourth-order valence-electron chi connectivity index (χ4n) is 1.62. The van der Waals surface area contributed by atoms with Gasteiger partial charge < -0.3 is 9.84 Å². The summed E-state index contributed by atoms with van der Waals surface area (Å²) in [5.74, 6) is -0.934. The third kappa shape index (κ3) is 4.56. The molecule has 0 radical (unpaired) electrons. The molecule has 2 rings (SSSR count). The van der Waals surface area contributed by atoms with E-state index in [0.29, 0.717) is 13.2 Å². The van der Waals surface area contributed by atoms with Gasteiger partial charge in [0.05, 0.1) is 24.4 Å². The van der Waals surface area contributed by atoms with Gasteiger partial charge in [-0.1, -0.05) is 0 Å². The molecule has 2 aromatic rings. The van der Waals surface area contributed by atoms with Gasteiger partial charge in [-0.25, -0.2) is 9.78 Å². The summed E-state index contributed by atoms with van der Waals surface area (Å²) in [6.07, 6.45) is 3.62. The topological polar surface area (TPSA) is 59.4 Å². The predicted molar refractivity (Wildman–Crippen MR) is 81.2 cm³/mol. The molecule has 0 fully saturated rings. The number of hydrogen-bond donors (Lipinski definition) is 1. The lowest BCUT2D eigenvalue weighted by Gasteiger charge is -2.01. The molecule has 20 heavy (non-hydrogen) atoms. The first-order chi connectivity index (χ1) is 9.65. The van der Waals surface area contributed by atoms with E-state index in [1.807, 2.05) is 24.6 Å². The van der Waals surface area contributed by atoms with Gasteiger partial charge in [0, 0.05) is 27.1 Å². The molecule has 0 amide bonds. The Bertz CT molecular complexity index is 601. The Morgan fingerprint density at radius 3 is 3.05 bits per heavy atom. The minimum Gasteiger partial charge on any atom is -0.478 e. The van der Waals surface area contributed by atoms with Crippen molar-refractivity contribution in [3.05, 3.63) is 44.0 Å². The van der Waals surface area contributed by atoms with Crippen LogP contribution >= 0.6 is 22.7 Å². The molecule has 106 valence electrons. The summed E-state index contributed by atoms with van der Waals surface area (Å²) in [7, 11) is 0.